The highest BCUT2D eigenvalue weighted by Gasteiger charge is 2.27. The molecule has 1 heterocycles. The fraction of sp³-hybridized carbons (Fsp3) is 0.105. The molecular formula is C19H15F2NO4S. The quantitative estimate of drug-likeness (QED) is 0.694. The summed E-state index contributed by atoms with van der Waals surface area (Å²) < 4.78 is 53.5. The predicted molar refractivity (Wildman–Crippen MR) is 94.1 cm³/mol. The van der Waals surface area contributed by atoms with Crippen molar-refractivity contribution in [3.05, 3.63) is 89.9 Å². The smallest absolute Gasteiger partial charge is 0.341 e. The van der Waals surface area contributed by atoms with E-state index in [1.807, 2.05) is 30.3 Å². The van der Waals surface area contributed by atoms with Crippen molar-refractivity contribution in [2.75, 3.05) is 0 Å². The lowest BCUT2D eigenvalue weighted by atomic mass is 10.0. The maximum atomic E-state index is 12.6. The van der Waals surface area contributed by atoms with Crippen LogP contribution in [0.3, 0.4) is 0 Å². The second-order valence-electron chi connectivity index (χ2n) is 5.66. The molecule has 27 heavy (non-hydrogen) atoms. The molecule has 140 valence electrons. The third kappa shape index (κ3) is 4.06. The van der Waals surface area contributed by atoms with Gasteiger partial charge in [-0.2, -0.15) is 8.78 Å². The van der Waals surface area contributed by atoms with Gasteiger partial charge in [-0.25, -0.2) is 8.42 Å². The Bertz CT molecular complexity index is 1000. The van der Waals surface area contributed by atoms with Crippen LogP contribution in [0.5, 0.6) is 0 Å². The largest absolute Gasteiger partial charge is 0.467 e. The fourth-order valence-electron chi connectivity index (χ4n) is 2.53. The van der Waals surface area contributed by atoms with Gasteiger partial charge in [-0.3, -0.25) is 4.79 Å². The van der Waals surface area contributed by atoms with Gasteiger partial charge in [0.1, 0.15) is 11.8 Å². The Morgan fingerprint density at radius 1 is 0.926 bits per heavy atom. The summed E-state index contributed by atoms with van der Waals surface area (Å²) >= 11 is 0. The topological polar surface area (TPSA) is 76.4 Å². The Balaban J connectivity index is 1.85. The number of carbonyl (C=O) groups is 1. The van der Waals surface area contributed by atoms with E-state index in [-0.39, 0.29) is 5.56 Å². The van der Waals surface area contributed by atoms with Crippen LogP contribution in [0.4, 0.5) is 8.78 Å². The summed E-state index contributed by atoms with van der Waals surface area (Å²) in [6.45, 7) is 0. The van der Waals surface area contributed by atoms with Gasteiger partial charge in [0.25, 0.3) is 5.91 Å². The molecule has 0 bridgehead atoms. The van der Waals surface area contributed by atoms with Crippen LogP contribution in [-0.2, 0) is 9.84 Å². The third-order valence-electron chi connectivity index (χ3n) is 3.92. The van der Waals surface area contributed by atoms with Crippen molar-refractivity contribution in [2.24, 2.45) is 0 Å². The number of furan rings is 1. The number of alkyl halides is 2. The van der Waals surface area contributed by atoms with E-state index >= 15 is 0 Å². The lowest BCUT2D eigenvalue weighted by Gasteiger charge is -2.17. The molecule has 0 aliphatic carbocycles. The number of nitrogens with one attached hydrogen (secondary N) is 1. The Morgan fingerprint density at radius 3 is 2.15 bits per heavy atom. The lowest BCUT2D eigenvalue weighted by molar-refractivity contribution is 0.0939. The third-order valence-corrected chi connectivity index (χ3v) is 5.31. The van der Waals surface area contributed by atoms with E-state index in [0.29, 0.717) is 5.76 Å². The van der Waals surface area contributed by atoms with Crippen LogP contribution in [-0.4, -0.2) is 20.1 Å². The molecular weight excluding hydrogens is 376 g/mol. The van der Waals surface area contributed by atoms with Gasteiger partial charge in [-0.05, 0) is 42.0 Å². The van der Waals surface area contributed by atoms with Crippen LogP contribution in [0.15, 0.2) is 82.3 Å². The molecule has 8 heteroatoms. The van der Waals surface area contributed by atoms with Gasteiger partial charge in [0, 0.05) is 5.56 Å². The number of hydrogen-bond donors (Lipinski definition) is 1. The zero-order valence-corrected chi connectivity index (χ0v) is 14.7. The van der Waals surface area contributed by atoms with Crippen LogP contribution >= 0.6 is 0 Å². The monoisotopic (exact) mass is 391 g/mol. The summed E-state index contributed by atoms with van der Waals surface area (Å²) in [6.07, 6.45) is 1.49. The molecule has 0 aliphatic heterocycles. The Hall–Kier alpha value is -3.00. The minimum Gasteiger partial charge on any atom is -0.467 e. The zero-order chi connectivity index (χ0) is 19.4. The number of halogens is 2. The Morgan fingerprint density at radius 2 is 1.59 bits per heavy atom. The van der Waals surface area contributed by atoms with E-state index in [4.69, 9.17) is 4.42 Å². The molecule has 3 rings (SSSR count). The second-order valence-corrected chi connectivity index (χ2v) is 7.58. The summed E-state index contributed by atoms with van der Waals surface area (Å²) in [5.74, 6) is -3.49. The van der Waals surface area contributed by atoms with E-state index in [2.05, 4.69) is 5.32 Å². The molecule has 1 atom stereocenters. The van der Waals surface area contributed by atoms with Gasteiger partial charge in [-0.15, -0.1) is 0 Å². The van der Waals surface area contributed by atoms with E-state index in [1.54, 1.807) is 12.1 Å². The van der Waals surface area contributed by atoms with Gasteiger partial charge < -0.3 is 9.73 Å². The summed E-state index contributed by atoms with van der Waals surface area (Å²) in [4.78, 5) is 12.0. The molecule has 1 unspecified atom stereocenters. The van der Waals surface area contributed by atoms with E-state index in [1.165, 1.54) is 18.4 Å². The number of benzene rings is 2. The van der Waals surface area contributed by atoms with Gasteiger partial charge in [0.15, 0.2) is 0 Å². The minimum atomic E-state index is -4.70. The maximum absolute atomic E-state index is 12.6. The lowest BCUT2D eigenvalue weighted by Crippen LogP contribution is -2.29. The normalized spacial score (nSPS) is 12.7. The Kier molecular flexibility index (Phi) is 5.36. The number of hydrogen-bond acceptors (Lipinski definition) is 4. The average molecular weight is 391 g/mol. The molecule has 0 aliphatic rings. The standard InChI is InChI=1S/C19H15F2NO4S/c20-19(21)27(24,25)15-10-8-14(9-11-15)18(23)22-17(16-7-4-12-26-16)13-5-2-1-3-6-13/h1-12,17,19H,(H,22,23). The zero-order valence-electron chi connectivity index (χ0n) is 13.9. The van der Waals surface area contributed by atoms with Crippen LogP contribution in [0.25, 0.3) is 0 Å². The van der Waals surface area contributed by atoms with Crippen LogP contribution < -0.4 is 5.32 Å². The molecule has 0 radical (unpaired) electrons. The molecule has 0 fully saturated rings. The molecule has 1 aromatic heterocycles. The molecule has 3 aromatic rings. The number of sulfone groups is 1. The summed E-state index contributed by atoms with van der Waals surface area (Å²) in [7, 11) is -4.70. The van der Waals surface area contributed by atoms with Crippen LogP contribution in [0, 0.1) is 0 Å². The second kappa shape index (κ2) is 7.71. The first-order valence-electron chi connectivity index (χ1n) is 7.91. The van der Waals surface area contributed by atoms with Crippen molar-refractivity contribution in [1.29, 1.82) is 0 Å². The van der Waals surface area contributed by atoms with Gasteiger partial charge >= 0.3 is 5.76 Å². The van der Waals surface area contributed by atoms with E-state index in [9.17, 15) is 22.0 Å². The number of carbonyl (C=O) groups excluding carboxylic acids is 1. The molecule has 0 spiro atoms. The first kappa shape index (κ1) is 18.8. The van der Waals surface area contributed by atoms with Gasteiger partial charge in [0.2, 0.25) is 9.84 Å². The van der Waals surface area contributed by atoms with Crippen molar-refractivity contribution in [3.63, 3.8) is 0 Å². The summed E-state index contributed by atoms with van der Waals surface area (Å²) in [6, 6.07) is 16.3. The van der Waals surface area contributed by atoms with Crippen LogP contribution in [0.1, 0.15) is 27.7 Å². The molecule has 1 N–H and O–H groups in total. The van der Waals surface area contributed by atoms with E-state index < -0.39 is 32.4 Å². The molecule has 0 saturated heterocycles. The van der Waals surface area contributed by atoms with Crippen molar-refractivity contribution in [2.45, 2.75) is 16.7 Å². The molecule has 5 nitrogen and oxygen atoms in total. The van der Waals surface area contributed by atoms with Gasteiger partial charge in [0.05, 0.1) is 11.2 Å². The maximum Gasteiger partial charge on any atom is 0.341 e. The molecule has 2 aromatic carbocycles. The summed E-state index contributed by atoms with van der Waals surface area (Å²) in [5, 5.41) is 2.80. The first-order chi connectivity index (χ1) is 12.9. The highest BCUT2D eigenvalue weighted by molar-refractivity contribution is 7.91. The summed E-state index contributed by atoms with van der Waals surface area (Å²) in [5.41, 5.74) is 0.924. The molecule has 0 saturated carbocycles. The van der Waals surface area contributed by atoms with E-state index in [0.717, 1.165) is 17.7 Å². The molecule has 1 amide bonds. The highest BCUT2D eigenvalue weighted by atomic mass is 32.2. The first-order valence-corrected chi connectivity index (χ1v) is 9.45. The van der Waals surface area contributed by atoms with Crippen molar-refractivity contribution < 1.29 is 26.4 Å². The SMILES string of the molecule is O=C(NC(c1ccccc1)c1ccco1)c1ccc(S(=O)(=O)C(F)F)cc1. The van der Waals surface area contributed by atoms with Crippen LogP contribution in [0.2, 0.25) is 0 Å². The number of amides is 1. The Labute approximate surface area is 154 Å². The van der Waals surface area contributed by atoms with Crippen molar-refractivity contribution in [3.8, 4) is 0 Å². The van der Waals surface area contributed by atoms with Gasteiger partial charge in [-0.1, -0.05) is 30.3 Å². The average Bonchev–Trinajstić information content (AvgIpc) is 3.21. The minimum absolute atomic E-state index is 0.135. The van der Waals surface area contributed by atoms with Crippen molar-refractivity contribution >= 4 is 15.7 Å². The van der Waals surface area contributed by atoms with Crippen molar-refractivity contribution in [1.82, 2.24) is 5.32 Å². The highest BCUT2D eigenvalue weighted by Crippen LogP contribution is 2.23. The fourth-order valence-corrected chi connectivity index (χ4v) is 3.25. The number of rotatable bonds is 6. The predicted octanol–water partition coefficient (Wildman–Crippen LogP) is 3.80.